The molecule has 1 N–H and O–H groups in total. The highest BCUT2D eigenvalue weighted by molar-refractivity contribution is 5.47. The van der Waals surface area contributed by atoms with Crippen LogP contribution in [0, 0.1) is 0 Å². The standard InChI is InChI=1S/C13H19NO3/c1-16-13(15)10-11-2-4-12(5-3-11)14-6-8-17-9-7-14/h2-5,13,15H,6-10H2,1H3. The second-order valence-electron chi connectivity index (χ2n) is 4.16. The second kappa shape index (κ2) is 6.00. The van der Waals surface area contributed by atoms with Gasteiger partial charge in [-0.05, 0) is 17.7 Å². The molecule has 1 atom stereocenters. The van der Waals surface area contributed by atoms with Crippen molar-refractivity contribution in [3.63, 3.8) is 0 Å². The Kier molecular flexibility index (Phi) is 4.36. The highest BCUT2D eigenvalue weighted by Crippen LogP contribution is 2.17. The molecule has 1 aliphatic rings. The van der Waals surface area contributed by atoms with Crippen molar-refractivity contribution in [3.8, 4) is 0 Å². The number of hydrogen-bond donors (Lipinski definition) is 1. The van der Waals surface area contributed by atoms with E-state index in [1.807, 2.05) is 12.1 Å². The highest BCUT2D eigenvalue weighted by atomic mass is 16.6. The van der Waals surface area contributed by atoms with Crippen LogP contribution in [0.4, 0.5) is 5.69 Å². The first-order chi connectivity index (χ1) is 8.29. The largest absolute Gasteiger partial charge is 0.378 e. The summed E-state index contributed by atoms with van der Waals surface area (Å²) < 4.78 is 10.2. The molecule has 2 rings (SSSR count). The van der Waals surface area contributed by atoms with Crippen molar-refractivity contribution < 1.29 is 14.6 Å². The molecule has 17 heavy (non-hydrogen) atoms. The molecule has 1 fully saturated rings. The molecule has 0 radical (unpaired) electrons. The number of nitrogens with zero attached hydrogens (tertiary/aromatic N) is 1. The number of methoxy groups -OCH3 is 1. The van der Waals surface area contributed by atoms with Crippen LogP contribution in [0.2, 0.25) is 0 Å². The van der Waals surface area contributed by atoms with E-state index in [0.717, 1.165) is 31.9 Å². The normalized spacial score (nSPS) is 18.1. The zero-order valence-corrected chi connectivity index (χ0v) is 10.1. The van der Waals surface area contributed by atoms with E-state index < -0.39 is 6.29 Å². The number of rotatable bonds is 4. The molecule has 0 spiro atoms. The molecule has 1 saturated heterocycles. The van der Waals surface area contributed by atoms with Gasteiger partial charge in [-0.25, -0.2) is 0 Å². The van der Waals surface area contributed by atoms with Gasteiger partial charge in [0.15, 0.2) is 6.29 Å². The predicted molar refractivity (Wildman–Crippen MR) is 66.2 cm³/mol. The van der Waals surface area contributed by atoms with Crippen LogP contribution in [-0.4, -0.2) is 44.8 Å². The highest BCUT2D eigenvalue weighted by Gasteiger charge is 2.11. The molecule has 1 aromatic carbocycles. The van der Waals surface area contributed by atoms with Crippen molar-refractivity contribution in [2.75, 3.05) is 38.3 Å². The first kappa shape index (κ1) is 12.4. The summed E-state index contributed by atoms with van der Waals surface area (Å²) in [5.74, 6) is 0. The van der Waals surface area contributed by atoms with E-state index in [1.54, 1.807) is 0 Å². The van der Waals surface area contributed by atoms with Crippen LogP contribution in [-0.2, 0) is 15.9 Å². The van der Waals surface area contributed by atoms with Crippen molar-refractivity contribution in [1.29, 1.82) is 0 Å². The molecule has 0 bridgehead atoms. The summed E-state index contributed by atoms with van der Waals surface area (Å²) in [4.78, 5) is 2.31. The Hall–Kier alpha value is -1.10. The summed E-state index contributed by atoms with van der Waals surface area (Å²) in [6.45, 7) is 3.48. The molecule has 0 amide bonds. The van der Waals surface area contributed by atoms with Crippen molar-refractivity contribution in [1.82, 2.24) is 0 Å². The number of hydrogen-bond acceptors (Lipinski definition) is 4. The first-order valence-electron chi connectivity index (χ1n) is 5.92. The van der Waals surface area contributed by atoms with Gasteiger partial charge in [0.2, 0.25) is 0 Å². The minimum atomic E-state index is -0.718. The Labute approximate surface area is 102 Å². The second-order valence-corrected chi connectivity index (χ2v) is 4.16. The minimum Gasteiger partial charge on any atom is -0.378 e. The summed E-state index contributed by atoms with van der Waals surface area (Å²) in [5.41, 5.74) is 2.29. The summed E-state index contributed by atoms with van der Waals surface area (Å²) in [5, 5.41) is 9.38. The summed E-state index contributed by atoms with van der Waals surface area (Å²) in [6, 6.07) is 8.24. The first-order valence-corrected chi connectivity index (χ1v) is 5.92. The van der Waals surface area contributed by atoms with Gasteiger partial charge in [0.25, 0.3) is 0 Å². The zero-order chi connectivity index (χ0) is 12.1. The molecule has 1 aromatic rings. The minimum absolute atomic E-state index is 0.528. The lowest BCUT2D eigenvalue weighted by atomic mass is 10.1. The lowest BCUT2D eigenvalue weighted by molar-refractivity contribution is -0.0720. The molecule has 1 aliphatic heterocycles. The number of aliphatic hydroxyl groups is 1. The van der Waals surface area contributed by atoms with Crippen molar-refractivity contribution in [3.05, 3.63) is 29.8 Å². The molecule has 0 aliphatic carbocycles. The van der Waals surface area contributed by atoms with Gasteiger partial charge in [0.05, 0.1) is 13.2 Å². The van der Waals surface area contributed by atoms with Crippen molar-refractivity contribution >= 4 is 5.69 Å². The number of morpholine rings is 1. The maximum absolute atomic E-state index is 9.38. The number of ether oxygens (including phenoxy) is 2. The summed E-state index contributed by atoms with van der Waals surface area (Å²) in [7, 11) is 1.51. The van der Waals surface area contributed by atoms with E-state index in [2.05, 4.69) is 17.0 Å². The molecule has 0 saturated carbocycles. The van der Waals surface area contributed by atoms with Crippen molar-refractivity contribution in [2.45, 2.75) is 12.7 Å². The molecular weight excluding hydrogens is 218 g/mol. The van der Waals surface area contributed by atoms with E-state index in [1.165, 1.54) is 12.8 Å². The van der Waals surface area contributed by atoms with E-state index in [-0.39, 0.29) is 0 Å². The summed E-state index contributed by atoms with van der Waals surface area (Å²) >= 11 is 0. The number of aliphatic hydroxyl groups excluding tert-OH is 1. The van der Waals surface area contributed by atoms with E-state index in [9.17, 15) is 5.11 Å². The average molecular weight is 237 g/mol. The van der Waals surface area contributed by atoms with Crippen LogP contribution in [0.5, 0.6) is 0 Å². The maximum Gasteiger partial charge on any atom is 0.158 e. The molecule has 0 aromatic heterocycles. The van der Waals surface area contributed by atoms with Gasteiger partial charge in [-0.3, -0.25) is 0 Å². The molecule has 1 heterocycles. The fourth-order valence-electron chi connectivity index (χ4n) is 1.95. The fourth-order valence-corrected chi connectivity index (χ4v) is 1.95. The van der Waals surface area contributed by atoms with Gasteiger partial charge in [-0.15, -0.1) is 0 Å². The third-order valence-electron chi connectivity index (χ3n) is 2.99. The smallest absolute Gasteiger partial charge is 0.158 e. The van der Waals surface area contributed by atoms with Gasteiger partial charge in [-0.1, -0.05) is 12.1 Å². The predicted octanol–water partition coefficient (Wildman–Crippen LogP) is 1.03. The van der Waals surface area contributed by atoms with E-state index in [4.69, 9.17) is 9.47 Å². The van der Waals surface area contributed by atoms with Crippen LogP contribution >= 0.6 is 0 Å². The third-order valence-corrected chi connectivity index (χ3v) is 2.99. The third kappa shape index (κ3) is 3.43. The number of benzene rings is 1. The molecule has 1 unspecified atom stereocenters. The fraction of sp³-hybridized carbons (Fsp3) is 0.538. The Morgan fingerprint density at radius 1 is 1.29 bits per heavy atom. The molecule has 4 heteroatoms. The Balaban J connectivity index is 1.97. The Bertz CT molecular complexity index is 333. The van der Waals surface area contributed by atoms with Crippen LogP contribution < -0.4 is 4.90 Å². The molecule has 94 valence electrons. The molecule has 4 nitrogen and oxygen atoms in total. The van der Waals surface area contributed by atoms with Crippen LogP contribution in [0.3, 0.4) is 0 Å². The van der Waals surface area contributed by atoms with E-state index in [0.29, 0.717) is 6.42 Å². The SMILES string of the molecule is COC(O)Cc1ccc(N2CCOCC2)cc1. The van der Waals surface area contributed by atoms with Gasteiger partial charge < -0.3 is 19.5 Å². The van der Waals surface area contributed by atoms with Crippen molar-refractivity contribution in [2.24, 2.45) is 0 Å². The van der Waals surface area contributed by atoms with Gasteiger partial charge in [0, 0.05) is 32.3 Å². The zero-order valence-electron chi connectivity index (χ0n) is 10.1. The molecular formula is C13H19NO3. The Morgan fingerprint density at radius 2 is 1.94 bits per heavy atom. The van der Waals surface area contributed by atoms with Gasteiger partial charge in [0.1, 0.15) is 0 Å². The van der Waals surface area contributed by atoms with Crippen LogP contribution in [0.1, 0.15) is 5.56 Å². The number of anilines is 1. The lowest BCUT2D eigenvalue weighted by Gasteiger charge is -2.29. The average Bonchev–Trinajstić information content (AvgIpc) is 2.40. The quantitative estimate of drug-likeness (QED) is 0.794. The van der Waals surface area contributed by atoms with Gasteiger partial charge in [-0.2, -0.15) is 0 Å². The van der Waals surface area contributed by atoms with Crippen LogP contribution in [0.25, 0.3) is 0 Å². The van der Waals surface area contributed by atoms with Gasteiger partial charge >= 0.3 is 0 Å². The lowest BCUT2D eigenvalue weighted by Crippen LogP contribution is -2.36. The Morgan fingerprint density at radius 3 is 2.53 bits per heavy atom. The van der Waals surface area contributed by atoms with Crippen LogP contribution in [0.15, 0.2) is 24.3 Å². The maximum atomic E-state index is 9.38. The van der Waals surface area contributed by atoms with E-state index >= 15 is 0 Å². The monoisotopic (exact) mass is 237 g/mol. The topological polar surface area (TPSA) is 41.9 Å². The summed E-state index contributed by atoms with van der Waals surface area (Å²) in [6.07, 6.45) is -0.191.